The van der Waals surface area contributed by atoms with Crippen molar-refractivity contribution in [2.45, 2.75) is 19.4 Å². The third-order valence-electron chi connectivity index (χ3n) is 3.85. The Morgan fingerprint density at radius 2 is 1.78 bits per heavy atom. The van der Waals surface area contributed by atoms with E-state index in [-0.39, 0.29) is 17.9 Å². The molecule has 0 saturated carbocycles. The van der Waals surface area contributed by atoms with Gasteiger partial charge < -0.3 is 20.1 Å². The van der Waals surface area contributed by atoms with Crippen LogP contribution in [0.1, 0.15) is 22.8 Å². The van der Waals surface area contributed by atoms with Crippen molar-refractivity contribution in [3.8, 4) is 5.75 Å². The zero-order valence-corrected chi connectivity index (χ0v) is 15.4. The number of amides is 2. The summed E-state index contributed by atoms with van der Waals surface area (Å²) in [6, 6.07) is 12.9. The van der Waals surface area contributed by atoms with E-state index in [9.17, 15) is 14.4 Å². The van der Waals surface area contributed by atoms with Gasteiger partial charge in [-0.3, -0.25) is 9.59 Å². The summed E-state index contributed by atoms with van der Waals surface area (Å²) in [6.07, 6.45) is 0.234. The van der Waals surface area contributed by atoms with E-state index in [1.807, 2.05) is 6.07 Å². The molecule has 0 aliphatic carbocycles. The van der Waals surface area contributed by atoms with Crippen molar-refractivity contribution in [3.05, 3.63) is 59.7 Å². The van der Waals surface area contributed by atoms with E-state index in [2.05, 4.69) is 10.6 Å². The molecule has 0 fully saturated rings. The molecule has 0 spiro atoms. The van der Waals surface area contributed by atoms with Crippen LogP contribution in [0.2, 0.25) is 0 Å². The van der Waals surface area contributed by atoms with E-state index in [1.54, 1.807) is 49.6 Å². The second kappa shape index (κ2) is 9.38. The highest BCUT2D eigenvalue weighted by Gasteiger charge is 2.24. The second-order valence-electron chi connectivity index (χ2n) is 5.83. The standard InChI is InChI=1S/C20H22N2O5/c1-13(23)21-17-10-5-4-9-16(17)19(24)22-18(20(25)27-3)12-14-7-6-8-15(11-14)26-2/h4-11,18H,12H2,1-3H3,(H,21,23)(H,22,24)/t18-/m1/s1. The molecule has 7 nitrogen and oxygen atoms in total. The number of methoxy groups -OCH3 is 2. The number of anilines is 1. The smallest absolute Gasteiger partial charge is 0.328 e. The summed E-state index contributed by atoms with van der Waals surface area (Å²) >= 11 is 0. The van der Waals surface area contributed by atoms with Crippen LogP contribution in [-0.4, -0.2) is 38.0 Å². The summed E-state index contributed by atoms with van der Waals surface area (Å²) in [5, 5.41) is 5.28. The van der Waals surface area contributed by atoms with Crippen LogP contribution in [0.5, 0.6) is 5.75 Å². The summed E-state index contributed by atoms with van der Waals surface area (Å²) < 4.78 is 10.0. The Hall–Kier alpha value is -3.35. The van der Waals surface area contributed by atoms with Crippen LogP contribution in [0.3, 0.4) is 0 Å². The van der Waals surface area contributed by atoms with Crippen molar-refractivity contribution in [1.82, 2.24) is 5.32 Å². The Morgan fingerprint density at radius 3 is 2.44 bits per heavy atom. The lowest BCUT2D eigenvalue weighted by Crippen LogP contribution is -2.43. The molecule has 0 heterocycles. The number of hydrogen-bond donors (Lipinski definition) is 2. The Labute approximate surface area is 157 Å². The van der Waals surface area contributed by atoms with Crippen LogP contribution in [0.25, 0.3) is 0 Å². The molecule has 2 amide bonds. The Kier molecular flexibility index (Phi) is 6.93. The van der Waals surface area contributed by atoms with E-state index in [0.717, 1.165) is 5.56 Å². The summed E-state index contributed by atoms with van der Waals surface area (Å²) in [5.41, 5.74) is 1.43. The predicted octanol–water partition coefficient (Wildman–Crippen LogP) is 2.17. The van der Waals surface area contributed by atoms with Crippen molar-refractivity contribution >= 4 is 23.5 Å². The topological polar surface area (TPSA) is 93.7 Å². The first-order chi connectivity index (χ1) is 12.9. The van der Waals surface area contributed by atoms with Crippen molar-refractivity contribution in [2.75, 3.05) is 19.5 Å². The average Bonchev–Trinajstić information content (AvgIpc) is 2.66. The lowest BCUT2D eigenvalue weighted by Gasteiger charge is -2.18. The first-order valence-corrected chi connectivity index (χ1v) is 8.32. The van der Waals surface area contributed by atoms with Gasteiger partial charge in [0.25, 0.3) is 5.91 Å². The van der Waals surface area contributed by atoms with Gasteiger partial charge in [-0.1, -0.05) is 24.3 Å². The highest BCUT2D eigenvalue weighted by Crippen LogP contribution is 2.17. The number of nitrogens with one attached hydrogen (secondary N) is 2. The van der Waals surface area contributed by atoms with Gasteiger partial charge in [0.2, 0.25) is 5.91 Å². The number of ether oxygens (including phenoxy) is 2. The Balaban J connectivity index is 2.22. The second-order valence-corrected chi connectivity index (χ2v) is 5.83. The minimum absolute atomic E-state index is 0.234. The minimum Gasteiger partial charge on any atom is -0.497 e. The monoisotopic (exact) mass is 370 g/mol. The number of benzene rings is 2. The molecule has 2 N–H and O–H groups in total. The fourth-order valence-electron chi connectivity index (χ4n) is 2.59. The molecular weight excluding hydrogens is 348 g/mol. The third kappa shape index (κ3) is 5.57. The van der Waals surface area contributed by atoms with Gasteiger partial charge in [0.1, 0.15) is 11.8 Å². The normalized spacial score (nSPS) is 11.2. The van der Waals surface area contributed by atoms with Crippen molar-refractivity contribution in [3.63, 3.8) is 0 Å². The largest absolute Gasteiger partial charge is 0.497 e. The molecule has 0 aliphatic rings. The third-order valence-corrected chi connectivity index (χ3v) is 3.85. The molecule has 0 bridgehead atoms. The van der Waals surface area contributed by atoms with Crippen molar-refractivity contribution < 1.29 is 23.9 Å². The molecule has 0 aliphatic heterocycles. The maximum Gasteiger partial charge on any atom is 0.328 e. The summed E-state index contributed by atoms with van der Waals surface area (Å²) in [4.78, 5) is 36.2. The van der Waals surface area contributed by atoms with E-state index in [4.69, 9.17) is 9.47 Å². The Bertz CT molecular complexity index is 835. The molecule has 0 unspecified atom stereocenters. The number of para-hydroxylation sites is 1. The fourth-order valence-corrected chi connectivity index (χ4v) is 2.59. The zero-order chi connectivity index (χ0) is 19.8. The maximum absolute atomic E-state index is 12.7. The van der Waals surface area contributed by atoms with Gasteiger partial charge in [-0.2, -0.15) is 0 Å². The SMILES string of the molecule is COC(=O)[C@@H](Cc1cccc(OC)c1)NC(=O)c1ccccc1NC(C)=O. The van der Waals surface area contributed by atoms with Crippen LogP contribution >= 0.6 is 0 Å². The van der Waals surface area contributed by atoms with Gasteiger partial charge in [-0.25, -0.2) is 4.79 Å². The zero-order valence-electron chi connectivity index (χ0n) is 15.4. The number of carbonyl (C=O) groups is 3. The van der Waals surface area contributed by atoms with E-state index in [0.29, 0.717) is 11.4 Å². The number of carbonyl (C=O) groups excluding carboxylic acids is 3. The van der Waals surface area contributed by atoms with Crippen LogP contribution in [0.15, 0.2) is 48.5 Å². The van der Waals surface area contributed by atoms with Gasteiger partial charge in [0.05, 0.1) is 25.5 Å². The molecule has 7 heteroatoms. The highest BCUT2D eigenvalue weighted by molar-refractivity contribution is 6.04. The molecule has 1 atom stereocenters. The first kappa shape index (κ1) is 20.0. The first-order valence-electron chi connectivity index (χ1n) is 8.32. The summed E-state index contributed by atoms with van der Waals surface area (Å²) in [6.45, 7) is 1.36. The molecule has 2 aromatic rings. The van der Waals surface area contributed by atoms with E-state index in [1.165, 1.54) is 14.0 Å². The quantitative estimate of drug-likeness (QED) is 0.729. The molecular formula is C20H22N2O5. The lowest BCUT2D eigenvalue weighted by atomic mass is 10.0. The minimum atomic E-state index is -0.889. The van der Waals surface area contributed by atoms with E-state index >= 15 is 0 Å². The number of esters is 1. The number of rotatable bonds is 7. The van der Waals surface area contributed by atoms with Crippen molar-refractivity contribution in [2.24, 2.45) is 0 Å². The summed E-state index contributed by atoms with van der Waals surface area (Å²) in [5.74, 6) is -0.699. The molecule has 0 radical (unpaired) electrons. The van der Waals surface area contributed by atoms with Crippen LogP contribution in [0, 0.1) is 0 Å². The predicted molar refractivity (Wildman–Crippen MR) is 101 cm³/mol. The summed E-state index contributed by atoms with van der Waals surface area (Å²) in [7, 11) is 2.82. The van der Waals surface area contributed by atoms with Gasteiger partial charge in [-0.15, -0.1) is 0 Å². The van der Waals surface area contributed by atoms with Gasteiger partial charge in [-0.05, 0) is 29.8 Å². The maximum atomic E-state index is 12.7. The average molecular weight is 370 g/mol. The molecule has 0 aromatic heterocycles. The molecule has 0 saturated heterocycles. The van der Waals surface area contributed by atoms with E-state index < -0.39 is 17.9 Å². The lowest BCUT2D eigenvalue weighted by molar-refractivity contribution is -0.142. The van der Waals surface area contributed by atoms with Crippen LogP contribution < -0.4 is 15.4 Å². The van der Waals surface area contributed by atoms with Crippen molar-refractivity contribution in [1.29, 1.82) is 0 Å². The molecule has 27 heavy (non-hydrogen) atoms. The van der Waals surface area contributed by atoms with Crippen LogP contribution in [0.4, 0.5) is 5.69 Å². The molecule has 2 aromatic carbocycles. The van der Waals surface area contributed by atoms with Crippen LogP contribution in [-0.2, 0) is 20.7 Å². The van der Waals surface area contributed by atoms with Gasteiger partial charge in [0.15, 0.2) is 0 Å². The molecule has 142 valence electrons. The fraction of sp³-hybridized carbons (Fsp3) is 0.250. The number of hydrogen-bond acceptors (Lipinski definition) is 5. The Morgan fingerprint density at radius 1 is 1.04 bits per heavy atom. The van der Waals surface area contributed by atoms with Gasteiger partial charge in [0, 0.05) is 13.3 Å². The molecule has 2 rings (SSSR count). The highest BCUT2D eigenvalue weighted by atomic mass is 16.5. The van der Waals surface area contributed by atoms with Gasteiger partial charge >= 0.3 is 5.97 Å².